The Bertz CT molecular complexity index is 742. The standard InChI is InChI=1S/C38H68O6/c1-4-5-6-7-13-18-23-28-35(40)29-24-19-16-21-25-30-37(41)43-33-36(32-39)44-38(42)31-26-20-15-12-10-8-9-11-14-17-22-27-34(2)3/h5-6,13,18,23,28,34-36,39-40H,4,7-12,14-17,19-22,24-27,29-33H2,1-3H3/b6-5+,18-13+,28-23+/t35?,36-/m0/s1. The number of carbonyl (C=O) groups excluding carboxylic acids is 2. The van der Waals surface area contributed by atoms with E-state index in [2.05, 4.69) is 39.0 Å². The van der Waals surface area contributed by atoms with Crippen LogP contribution in [0, 0.1) is 5.92 Å². The number of aliphatic hydroxyl groups excluding tert-OH is 2. The van der Waals surface area contributed by atoms with Crippen molar-refractivity contribution in [3.8, 4) is 0 Å². The van der Waals surface area contributed by atoms with Crippen LogP contribution in [-0.4, -0.2) is 47.6 Å². The second-order valence-electron chi connectivity index (χ2n) is 12.6. The van der Waals surface area contributed by atoms with E-state index in [0.717, 1.165) is 76.5 Å². The lowest BCUT2D eigenvalue weighted by Crippen LogP contribution is -2.28. The molecule has 6 heteroatoms. The van der Waals surface area contributed by atoms with Gasteiger partial charge in [-0.1, -0.05) is 154 Å². The van der Waals surface area contributed by atoms with E-state index >= 15 is 0 Å². The number of carbonyl (C=O) groups is 2. The Morgan fingerprint density at radius 2 is 1.18 bits per heavy atom. The Labute approximate surface area is 270 Å². The maximum Gasteiger partial charge on any atom is 0.306 e. The van der Waals surface area contributed by atoms with Gasteiger partial charge in [0.25, 0.3) is 0 Å². The molecule has 0 spiro atoms. The van der Waals surface area contributed by atoms with Crippen molar-refractivity contribution < 1.29 is 29.3 Å². The molecule has 256 valence electrons. The average molecular weight is 621 g/mol. The van der Waals surface area contributed by atoms with E-state index in [-0.39, 0.29) is 25.2 Å². The summed E-state index contributed by atoms with van der Waals surface area (Å²) in [5.41, 5.74) is 0. The molecule has 0 aliphatic carbocycles. The van der Waals surface area contributed by atoms with Gasteiger partial charge in [0.2, 0.25) is 0 Å². The Kier molecular flexibility index (Phi) is 31.1. The van der Waals surface area contributed by atoms with Crippen LogP contribution in [0.1, 0.15) is 162 Å². The maximum atomic E-state index is 12.1. The molecular formula is C38H68O6. The normalized spacial score (nSPS) is 13.4. The molecule has 0 radical (unpaired) electrons. The van der Waals surface area contributed by atoms with Crippen LogP contribution in [0.4, 0.5) is 0 Å². The summed E-state index contributed by atoms with van der Waals surface area (Å²) < 4.78 is 10.5. The van der Waals surface area contributed by atoms with Crippen molar-refractivity contribution in [1.29, 1.82) is 0 Å². The topological polar surface area (TPSA) is 93.1 Å². The number of hydrogen-bond acceptors (Lipinski definition) is 6. The van der Waals surface area contributed by atoms with Gasteiger partial charge in [0.05, 0.1) is 12.7 Å². The number of hydrogen-bond donors (Lipinski definition) is 2. The summed E-state index contributed by atoms with van der Waals surface area (Å²) >= 11 is 0. The number of allylic oxidation sites excluding steroid dienone is 5. The number of ether oxygens (including phenoxy) is 2. The van der Waals surface area contributed by atoms with Crippen LogP contribution in [0.3, 0.4) is 0 Å². The Balaban J connectivity index is 3.67. The monoisotopic (exact) mass is 621 g/mol. The summed E-state index contributed by atoms with van der Waals surface area (Å²) in [6.07, 6.45) is 33.7. The number of unbranched alkanes of at least 4 members (excludes halogenated alkanes) is 14. The van der Waals surface area contributed by atoms with Crippen molar-refractivity contribution in [2.24, 2.45) is 5.92 Å². The lowest BCUT2D eigenvalue weighted by molar-refractivity contribution is -0.161. The van der Waals surface area contributed by atoms with Crippen LogP contribution < -0.4 is 0 Å². The first kappa shape index (κ1) is 42.1. The molecule has 6 nitrogen and oxygen atoms in total. The molecule has 0 aromatic carbocycles. The van der Waals surface area contributed by atoms with Gasteiger partial charge in [0.15, 0.2) is 6.10 Å². The number of rotatable bonds is 31. The molecule has 0 saturated heterocycles. The second kappa shape index (κ2) is 32.5. The molecule has 0 aliphatic rings. The Morgan fingerprint density at radius 3 is 1.73 bits per heavy atom. The summed E-state index contributed by atoms with van der Waals surface area (Å²) in [6.45, 7) is 6.24. The van der Waals surface area contributed by atoms with Crippen LogP contribution in [0.25, 0.3) is 0 Å². The highest BCUT2D eigenvalue weighted by Gasteiger charge is 2.16. The van der Waals surface area contributed by atoms with E-state index in [9.17, 15) is 19.8 Å². The molecule has 0 aromatic heterocycles. The molecular weight excluding hydrogens is 552 g/mol. The molecule has 44 heavy (non-hydrogen) atoms. The molecule has 0 heterocycles. The van der Waals surface area contributed by atoms with Crippen molar-refractivity contribution in [3.63, 3.8) is 0 Å². The zero-order valence-electron chi connectivity index (χ0n) is 28.7. The minimum Gasteiger partial charge on any atom is -0.462 e. The highest BCUT2D eigenvalue weighted by Crippen LogP contribution is 2.15. The Morgan fingerprint density at radius 1 is 0.659 bits per heavy atom. The van der Waals surface area contributed by atoms with Crippen molar-refractivity contribution in [2.45, 2.75) is 174 Å². The van der Waals surface area contributed by atoms with Crippen molar-refractivity contribution in [2.75, 3.05) is 13.2 Å². The minimum absolute atomic E-state index is 0.102. The smallest absolute Gasteiger partial charge is 0.306 e. The first-order valence-corrected chi connectivity index (χ1v) is 18.0. The summed E-state index contributed by atoms with van der Waals surface area (Å²) in [7, 11) is 0. The van der Waals surface area contributed by atoms with Crippen molar-refractivity contribution in [1.82, 2.24) is 0 Å². The fourth-order valence-electron chi connectivity index (χ4n) is 4.98. The molecule has 0 rings (SSSR count). The zero-order valence-corrected chi connectivity index (χ0v) is 28.7. The predicted molar refractivity (Wildman–Crippen MR) is 183 cm³/mol. The number of aliphatic hydroxyl groups is 2. The SMILES string of the molecule is CC/C=C/C/C=C/C=C/C(O)CCCCCCCC(=O)OC[C@H](CO)OC(=O)CCCCCCCCCCCCCC(C)C. The van der Waals surface area contributed by atoms with Crippen LogP contribution in [0.15, 0.2) is 36.5 Å². The van der Waals surface area contributed by atoms with Crippen molar-refractivity contribution in [3.05, 3.63) is 36.5 Å². The van der Waals surface area contributed by atoms with Crippen LogP contribution in [-0.2, 0) is 19.1 Å². The number of esters is 2. The minimum atomic E-state index is -0.800. The maximum absolute atomic E-state index is 12.1. The van der Waals surface area contributed by atoms with Gasteiger partial charge < -0.3 is 19.7 Å². The predicted octanol–water partition coefficient (Wildman–Crippen LogP) is 9.72. The molecule has 0 bridgehead atoms. The molecule has 0 amide bonds. The molecule has 0 saturated carbocycles. The molecule has 1 unspecified atom stereocenters. The lowest BCUT2D eigenvalue weighted by Gasteiger charge is -2.15. The Hall–Kier alpha value is -1.92. The molecule has 0 fully saturated rings. The van der Waals surface area contributed by atoms with Crippen LogP contribution in [0.5, 0.6) is 0 Å². The molecule has 0 aliphatic heterocycles. The van der Waals surface area contributed by atoms with Gasteiger partial charge in [0.1, 0.15) is 6.61 Å². The van der Waals surface area contributed by atoms with Crippen molar-refractivity contribution >= 4 is 11.9 Å². The quantitative estimate of drug-likeness (QED) is 0.0347. The lowest BCUT2D eigenvalue weighted by atomic mass is 10.0. The third-order valence-corrected chi connectivity index (χ3v) is 7.73. The van der Waals surface area contributed by atoms with E-state index in [4.69, 9.17) is 9.47 Å². The largest absolute Gasteiger partial charge is 0.462 e. The third kappa shape index (κ3) is 31.5. The zero-order chi connectivity index (χ0) is 32.5. The fourth-order valence-corrected chi connectivity index (χ4v) is 4.98. The van der Waals surface area contributed by atoms with E-state index in [1.54, 1.807) is 0 Å². The summed E-state index contributed by atoms with van der Waals surface area (Å²) in [6, 6.07) is 0. The van der Waals surface area contributed by atoms with Gasteiger partial charge in [-0.3, -0.25) is 9.59 Å². The van der Waals surface area contributed by atoms with Gasteiger partial charge in [-0.2, -0.15) is 0 Å². The van der Waals surface area contributed by atoms with Gasteiger partial charge in [-0.15, -0.1) is 0 Å². The first-order valence-electron chi connectivity index (χ1n) is 18.0. The molecule has 0 aromatic rings. The van der Waals surface area contributed by atoms with E-state index in [1.165, 1.54) is 57.8 Å². The summed E-state index contributed by atoms with van der Waals surface area (Å²) in [5, 5.41) is 19.6. The van der Waals surface area contributed by atoms with E-state index in [0.29, 0.717) is 12.8 Å². The van der Waals surface area contributed by atoms with Crippen LogP contribution >= 0.6 is 0 Å². The highest BCUT2D eigenvalue weighted by atomic mass is 16.6. The average Bonchev–Trinajstić information content (AvgIpc) is 3.00. The van der Waals surface area contributed by atoms with Gasteiger partial charge in [-0.25, -0.2) is 0 Å². The van der Waals surface area contributed by atoms with Gasteiger partial charge in [-0.05, 0) is 38.0 Å². The van der Waals surface area contributed by atoms with E-state index in [1.807, 2.05) is 18.2 Å². The highest BCUT2D eigenvalue weighted by molar-refractivity contribution is 5.70. The van der Waals surface area contributed by atoms with E-state index < -0.39 is 12.2 Å². The summed E-state index contributed by atoms with van der Waals surface area (Å²) in [5.74, 6) is 0.158. The second-order valence-corrected chi connectivity index (χ2v) is 12.6. The third-order valence-electron chi connectivity index (χ3n) is 7.73. The molecule has 2 atom stereocenters. The van der Waals surface area contributed by atoms with Gasteiger partial charge >= 0.3 is 11.9 Å². The summed E-state index contributed by atoms with van der Waals surface area (Å²) in [4.78, 5) is 24.2. The molecule has 2 N–H and O–H groups in total. The first-order chi connectivity index (χ1) is 21.4. The fraction of sp³-hybridized carbons (Fsp3) is 0.789. The van der Waals surface area contributed by atoms with Gasteiger partial charge in [0, 0.05) is 12.8 Å². The van der Waals surface area contributed by atoms with Crippen LogP contribution in [0.2, 0.25) is 0 Å².